The fourth-order valence-corrected chi connectivity index (χ4v) is 4.77. The van der Waals surface area contributed by atoms with Crippen molar-refractivity contribution >= 4 is 11.0 Å². The van der Waals surface area contributed by atoms with E-state index in [9.17, 15) is 0 Å². The lowest BCUT2D eigenvalue weighted by atomic mass is 9.92. The summed E-state index contributed by atoms with van der Waals surface area (Å²) in [5.41, 5.74) is 3.16. The fourth-order valence-electron chi connectivity index (χ4n) is 4.77. The molecule has 1 aliphatic heterocycles. The Balaban J connectivity index is 1.51. The topological polar surface area (TPSA) is 50.5 Å². The molecule has 0 amide bonds. The number of ether oxygens (including phenoxy) is 1. The molecule has 154 valence electrons. The molecule has 5 nitrogen and oxygen atoms in total. The number of piperidine rings is 1. The number of rotatable bonds is 8. The first-order chi connectivity index (χ1) is 13.7. The summed E-state index contributed by atoms with van der Waals surface area (Å²) in [5.74, 6) is 2.48. The van der Waals surface area contributed by atoms with Gasteiger partial charge in [0.15, 0.2) is 5.58 Å². The zero-order valence-electron chi connectivity index (χ0n) is 17.5. The lowest BCUT2D eigenvalue weighted by molar-refractivity contribution is 0.246. The SMILES string of the molecule is CN(C)Cc1c(OCC2CCCC2)ccc2c(CCC3CCNCC3)noc12. The van der Waals surface area contributed by atoms with Gasteiger partial charge in [-0.05, 0) is 89.7 Å². The maximum absolute atomic E-state index is 6.27. The van der Waals surface area contributed by atoms with Gasteiger partial charge in [0.05, 0.1) is 17.9 Å². The van der Waals surface area contributed by atoms with Crippen LogP contribution in [-0.4, -0.2) is 43.8 Å². The number of aryl methyl sites for hydroxylation is 1. The van der Waals surface area contributed by atoms with Gasteiger partial charge in [0.1, 0.15) is 5.75 Å². The first kappa shape index (κ1) is 19.7. The Bertz CT molecular complexity index is 759. The molecule has 1 aliphatic carbocycles. The van der Waals surface area contributed by atoms with Crippen molar-refractivity contribution in [2.75, 3.05) is 33.8 Å². The van der Waals surface area contributed by atoms with Crippen molar-refractivity contribution in [1.82, 2.24) is 15.4 Å². The molecule has 1 saturated carbocycles. The van der Waals surface area contributed by atoms with Crippen molar-refractivity contribution in [2.45, 2.75) is 57.9 Å². The van der Waals surface area contributed by atoms with Gasteiger partial charge < -0.3 is 19.5 Å². The van der Waals surface area contributed by atoms with Crippen LogP contribution in [0.2, 0.25) is 0 Å². The summed E-state index contributed by atoms with van der Waals surface area (Å²) in [6.45, 7) is 3.93. The smallest absolute Gasteiger partial charge is 0.175 e. The molecule has 1 aromatic heterocycles. The van der Waals surface area contributed by atoms with Crippen molar-refractivity contribution in [3.05, 3.63) is 23.4 Å². The maximum Gasteiger partial charge on any atom is 0.175 e. The molecule has 1 N–H and O–H groups in total. The molecule has 4 rings (SSSR count). The van der Waals surface area contributed by atoms with Crippen molar-refractivity contribution in [1.29, 1.82) is 0 Å². The second-order valence-corrected chi connectivity index (χ2v) is 8.98. The Morgan fingerprint density at radius 1 is 1.11 bits per heavy atom. The monoisotopic (exact) mass is 385 g/mol. The quantitative estimate of drug-likeness (QED) is 0.730. The normalized spacial score (nSPS) is 19.1. The van der Waals surface area contributed by atoms with E-state index in [-0.39, 0.29) is 0 Å². The van der Waals surface area contributed by atoms with Crippen LogP contribution in [0.15, 0.2) is 16.7 Å². The van der Waals surface area contributed by atoms with Gasteiger partial charge in [-0.3, -0.25) is 0 Å². The van der Waals surface area contributed by atoms with Gasteiger partial charge in [0.25, 0.3) is 0 Å². The highest BCUT2D eigenvalue weighted by molar-refractivity contribution is 5.84. The number of fused-ring (bicyclic) bond motifs is 1. The minimum Gasteiger partial charge on any atom is -0.493 e. The third kappa shape index (κ3) is 4.69. The van der Waals surface area contributed by atoms with Crippen LogP contribution in [0.4, 0.5) is 0 Å². The van der Waals surface area contributed by atoms with E-state index in [1.165, 1.54) is 50.3 Å². The first-order valence-electron chi connectivity index (χ1n) is 11.1. The molecule has 0 unspecified atom stereocenters. The van der Waals surface area contributed by atoms with E-state index in [1.54, 1.807) is 0 Å². The Morgan fingerprint density at radius 2 is 1.89 bits per heavy atom. The average molecular weight is 386 g/mol. The third-order valence-electron chi connectivity index (χ3n) is 6.45. The average Bonchev–Trinajstić information content (AvgIpc) is 3.36. The van der Waals surface area contributed by atoms with Gasteiger partial charge in [-0.25, -0.2) is 0 Å². The molecule has 2 heterocycles. The van der Waals surface area contributed by atoms with E-state index in [1.807, 2.05) is 0 Å². The summed E-state index contributed by atoms with van der Waals surface area (Å²) in [5, 5.41) is 9.08. The van der Waals surface area contributed by atoms with E-state index >= 15 is 0 Å². The zero-order valence-corrected chi connectivity index (χ0v) is 17.5. The predicted molar refractivity (Wildman–Crippen MR) is 113 cm³/mol. The number of aromatic nitrogens is 1. The van der Waals surface area contributed by atoms with Gasteiger partial charge in [-0.15, -0.1) is 0 Å². The fraction of sp³-hybridized carbons (Fsp3) is 0.696. The largest absolute Gasteiger partial charge is 0.493 e. The number of nitrogens with one attached hydrogen (secondary N) is 1. The molecule has 0 radical (unpaired) electrons. The molecule has 1 saturated heterocycles. The second kappa shape index (κ2) is 9.27. The Kier molecular flexibility index (Phi) is 6.53. The molecule has 2 aliphatic rings. The van der Waals surface area contributed by atoms with Crippen LogP contribution in [-0.2, 0) is 13.0 Å². The molecule has 2 fully saturated rings. The Labute approximate surface area is 168 Å². The van der Waals surface area contributed by atoms with Crippen LogP contribution in [0.3, 0.4) is 0 Å². The summed E-state index contributed by atoms with van der Waals surface area (Å²) in [7, 11) is 4.18. The van der Waals surface area contributed by atoms with Gasteiger partial charge in [0, 0.05) is 11.9 Å². The third-order valence-corrected chi connectivity index (χ3v) is 6.45. The van der Waals surface area contributed by atoms with E-state index in [0.29, 0.717) is 5.92 Å². The predicted octanol–water partition coefficient (Wildman–Crippen LogP) is 4.39. The molecule has 28 heavy (non-hydrogen) atoms. The van der Waals surface area contributed by atoms with Crippen LogP contribution in [0.1, 0.15) is 56.2 Å². The number of hydrogen-bond donors (Lipinski definition) is 1. The van der Waals surface area contributed by atoms with E-state index in [4.69, 9.17) is 9.26 Å². The van der Waals surface area contributed by atoms with E-state index < -0.39 is 0 Å². The number of nitrogens with zero attached hydrogens (tertiary/aromatic N) is 2. The summed E-state index contributed by atoms with van der Waals surface area (Å²) < 4.78 is 12.1. The van der Waals surface area contributed by atoms with Crippen molar-refractivity contribution in [2.24, 2.45) is 11.8 Å². The molecule has 0 bridgehead atoms. The molecule has 1 aromatic carbocycles. The molecule has 2 aromatic rings. The van der Waals surface area contributed by atoms with Crippen molar-refractivity contribution in [3.8, 4) is 5.75 Å². The number of hydrogen-bond acceptors (Lipinski definition) is 5. The summed E-state index contributed by atoms with van der Waals surface area (Å²) >= 11 is 0. The highest BCUT2D eigenvalue weighted by Crippen LogP contribution is 2.33. The molecular formula is C23H35N3O2. The van der Waals surface area contributed by atoms with E-state index in [0.717, 1.165) is 61.2 Å². The highest BCUT2D eigenvalue weighted by Gasteiger charge is 2.21. The summed E-state index contributed by atoms with van der Waals surface area (Å²) in [4.78, 5) is 2.18. The summed E-state index contributed by atoms with van der Waals surface area (Å²) in [6, 6.07) is 4.30. The number of benzene rings is 1. The van der Waals surface area contributed by atoms with Gasteiger partial charge in [-0.2, -0.15) is 0 Å². The van der Waals surface area contributed by atoms with Crippen molar-refractivity contribution in [3.63, 3.8) is 0 Å². The van der Waals surface area contributed by atoms with Gasteiger partial charge >= 0.3 is 0 Å². The lowest BCUT2D eigenvalue weighted by Crippen LogP contribution is -2.27. The molecule has 5 heteroatoms. The molecule has 0 spiro atoms. The molecular weight excluding hydrogens is 350 g/mol. The van der Waals surface area contributed by atoms with Crippen LogP contribution in [0, 0.1) is 11.8 Å². The van der Waals surface area contributed by atoms with Crippen LogP contribution in [0.5, 0.6) is 5.75 Å². The Morgan fingerprint density at radius 3 is 2.64 bits per heavy atom. The first-order valence-corrected chi connectivity index (χ1v) is 11.1. The van der Waals surface area contributed by atoms with Crippen LogP contribution in [0.25, 0.3) is 11.0 Å². The van der Waals surface area contributed by atoms with Crippen LogP contribution >= 0.6 is 0 Å². The Hall–Kier alpha value is -1.59. The standard InChI is InChI=1S/C23H35N3O2/c1-26(2)15-20-22(27-16-18-5-3-4-6-18)10-8-19-21(25-28-23(19)20)9-7-17-11-13-24-14-12-17/h8,10,17-18,24H,3-7,9,11-16H2,1-2H3. The molecule has 0 atom stereocenters. The highest BCUT2D eigenvalue weighted by atomic mass is 16.5. The van der Waals surface area contributed by atoms with E-state index in [2.05, 4.69) is 41.6 Å². The summed E-state index contributed by atoms with van der Waals surface area (Å²) in [6.07, 6.45) is 10.1. The minimum absolute atomic E-state index is 0.707. The second-order valence-electron chi connectivity index (χ2n) is 8.98. The van der Waals surface area contributed by atoms with Gasteiger partial charge in [-0.1, -0.05) is 18.0 Å². The van der Waals surface area contributed by atoms with Crippen LogP contribution < -0.4 is 10.1 Å². The van der Waals surface area contributed by atoms with Gasteiger partial charge in [0.2, 0.25) is 0 Å². The zero-order chi connectivity index (χ0) is 19.3. The maximum atomic E-state index is 6.27. The minimum atomic E-state index is 0.707. The van der Waals surface area contributed by atoms with Crippen molar-refractivity contribution < 1.29 is 9.26 Å². The lowest BCUT2D eigenvalue weighted by Gasteiger charge is -2.21.